The van der Waals surface area contributed by atoms with Crippen molar-refractivity contribution in [1.82, 2.24) is 9.97 Å². The number of hydrogen-bond acceptors (Lipinski definition) is 4. The molecule has 0 unspecified atom stereocenters. The Labute approximate surface area is 160 Å². The topological polar surface area (TPSA) is 77.8 Å². The van der Waals surface area contributed by atoms with Crippen LogP contribution in [-0.4, -0.2) is 9.97 Å². The summed E-state index contributed by atoms with van der Waals surface area (Å²) in [6.07, 6.45) is 0.518. The molecule has 3 aromatic rings. The predicted octanol–water partition coefficient (Wildman–Crippen LogP) is 4.74. The minimum Gasteiger partial charge on any atom is -0.383 e. The van der Waals surface area contributed by atoms with Gasteiger partial charge in [-0.15, -0.1) is 0 Å². The molecule has 128 valence electrons. The molecule has 0 spiro atoms. The molecule has 25 heavy (non-hydrogen) atoms. The van der Waals surface area contributed by atoms with Crippen LogP contribution < -0.4 is 11.5 Å². The van der Waals surface area contributed by atoms with Gasteiger partial charge in [0, 0.05) is 34.1 Å². The van der Waals surface area contributed by atoms with E-state index < -0.39 is 0 Å². The molecule has 2 aromatic carbocycles. The molecular formula is C18H15Cl3N4. The van der Waals surface area contributed by atoms with Crippen molar-refractivity contribution in [3.63, 3.8) is 0 Å². The first-order valence-electron chi connectivity index (χ1n) is 7.53. The highest BCUT2D eigenvalue weighted by Gasteiger charge is 2.16. The highest BCUT2D eigenvalue weighted by atomic mass is 35.5. The van der Waals surface area contributed by atoms with Gasteiger partial charge in [0.05, 0.1) is 10.7 Å². The van der Waals surface area contributed by atoms with Crippen LogP contribution in [0.15, 0.2) is 42.5 Å². The van der Waals surface area contributed by atoms with Crippen molar-refractivity contribution in [2.24, 2.45) is 5.73 Å². The van der Waals surface area contributed by atoms with Gasteiger partial charge < -0.3 is 11.5 Å². The van der Waals surface area contributed by atoms with Gasteiger partial charge in [-0.1, -0.05) is 46.9 Å². The van der Waals surface area contributed by atoms with Gasteiger partial charge in [0.15, 0.2) is 0 Å². The molecule has 0 saturated carbocycles. The molecule has 3 rings (SSSR count). The van der Waals surface area contributed by atoms with Gasteiger partial charge in [0.1, 0.15) is 11.6 Å². The van der Waals surface area contributed by atoms with Crippen LogP contribution in [0.5, 0.6) is 0 Å². The van der Waals surface area contributed by atoms with Gasteiger partial charge in [0.25, 0.3) is 0 Å². The highest BCUT2D eigenvalue weighted by Crippen LogP contribution is 2.33. The molecule has 0 amide bonds. The molecule has 4 N–H and O–H groups in total. The molecule has 1 aromatic heterocycles. The lowest BCUT2D eigenvalue weighted by molar-refractivity contribution is 0.940. The van der Waals surface area contributed by atoms with Crippen LogP contribution in [-0.2, 0) is 13.0 Å². The Balaban J connectivity index is 2.07. The molecule has 0 aliphatic carbocycles. The van der Waals surface area contributed by atoms with Gasteiger partial charge in [0.2, 0.25) is 0 Å². The molecule has 0 aliphatic heterocycles. The number of aromatic nitrogens is 2. The summed E-state index contributed by atoms with van der Waals surface area (Å²) in [5.74, 6) is 0.931. The van der Waals surface area contributed by atoms with Gasteiger partial charge in [-0.2, -0.15) is 0 Å². The van der Waals surface area contributed by atoms with Crippen molar-refractivity contribution in [3.05, 3.63) is 74.5 Å². The monoisotopic (exact) mass is 392 g/mol. The molecule has 0 fully saturated rings. The maximum atomic E-state index is 6.33. The summed E-state index contributed by atoms with van der Waals surface area (Å²) in [5.41, 5.74) is 15.0. The largest absolute Gasteiger partial charge is 0.383 e. The van der Waals surface area contributed by atoms with E-state index in [1.54, 1.807) is 18.2 Å². The Morgan fingerprint density at radius 1 is 0.880 bits per heavy atom. The van der Waals surface area contributed by atoms with Crippen molar-refractivity contribution in [1.29, 1.82) is 0 Å². The third-order valence-electron chi connectivity index (χ3n) is 3.75. The average molecular weight is 394 g/mol. The van der Waals surface area contributed by atoms with E-state index in [2.05, 4.69) is 9.97 Å². The molecule has 0 radical (unpaired) electrons. The Bertz CT molecular complexity index is 911. The number of nitrogens with two attached hydrogens (primary N) is 2. The summed E-state index contributed by atoms with van der Waals surface area (Å²) in [5, 5.41) is 1.71. The van der Waals surface area contributed by atoms with Crippen LogP contribution in [0.25, 0.3) is 11.3 Å². The van der Waals surface area contributed by atoms with Crippen LogP contribution in [0.2, 0.25) is 15.1 Å². The second kappa shape index (κ2) is 7.58. The van der Waals surface area contributed by atoms with Crippen molar-refractivity contribution >= 4 is 40.6 Å². The molecule has 1 heterocycles. The third kappa shape index (κ3) is 4.05. The van der Waals surface area contributed by atoms with Gasteiger partial charge in [-0.25, -0.2) is 9.97 Å². The predicted molar refractivity (Wildman–Crippen MR) is 104 cm³/mol. The lowest BCUT2D eigenvalue weighted by atomic mass is 10.1. The summed E-state index contributed by atoms with van der Waals surface area (Å²) in [4.78, 5) is 9.03. The number of halogens is 3. The summed E-state index contributed by atoms with van der Waals surface area (Å²) >= 11 is 18.2. The van der Waals surface area contributed by atoms with E-state index >= 15 is 0 Å². The molecule has 0 atom stereocenters. The van der Waals surface area contributed by atoms with E-state index in [0.717, 1.165) is 11.1 Å². The van der Waals surface area contributed by atoms with Crippen molar-refractivity contribution < 1.29 is 0 Å². The van der Waals surface area contributed by atoms with E-state index in [9.17, 15) is 0 Å². The number of nitrogens with zero attached hydrogens (tertiary/aromatic N) is 2. The van der Waals surface area contributed by atoms with Gasteiger partial charge >= 0.3 is 0 Å². The Morgan fingerprint density at radius 3 is 2.20 bits per heavy atom. The molecular weight excluding hydrogens is 379 g/mol. The average Bonchev–Trinajstić information content (AvgIpc) is 2.56. The highest BCUT2D eigenvalue weighted by molar-refractivity contribution is 6.36. The van der Waals surface area contributed by atoms with Crippen LogP contribution in [0.4, 0.5) is 5.82 Å². The first kappa shape index (κ1) is 18.0. The van der Waals surface area contributed by atoms with Crippen LogP contribution in [0, 0.1) is 0 Å². The van der Waals surface area contributed by atoms with Crippen LogP contribution >= 0.6 is 34.8 Å². The quantitative estimate of drug-likeness (QED) is 0.671. The molecule has 0 aliphatic rings. The zero-order valence-corrected chi connectivity index (χ0v) is 15.4. The molecule has 4 nitrogen and oxygen atoms in total. The van der Waals surface area contributed by atoms with E-state index in [-0.39, 0.29) is 6.54 Å². The molecule has 0 saturated heterocycles. The fraction of sp³-hybridized carbons (Fsp3) is 0.111. The number of nitrogen functional groups attached to an aromatic ring is 1. The maximum absolute atomic E-state index is 6.33. The van der Waals surface area contributed by atoms with Gasteiger partial charge in [-0.3, -0.25) is 0 Å². The number of rotatable bonds is 4. The summed E-state index contributed by atoms with van der Waals surface area (Å²) in [6.45, 7) is 0.210. The first-order valence-corrected chi connectivity index (χ1v) is 8.66. The number of hydrogen-bond donors (Lipinski definition) is 2. The Kier molecular flexibility index (Phi) is 5.45. The summed E-state index contributed by atoms with van der Waals surface area (Å²) in [7, 11) is 0. The van der Waals surface area contributed by atoms with Gasteiger partial charge in [-0.05, 0) is 35.9 Å². The minimum absolute atomic E-state index is 0.210. The normalized spacial score (nSPS) is 10.9. The second-order valence-corrected chi connectivity index (χ2v) is 6.76. The smallest absolute Gasteiger partial charge is 0.135 e. The standard InChI is InChI=1S/C18H15Cl3N4/c19-11-3-1-10(2-4-11)7-16-24-17(14(9-22)18(23)25-16)13-6-5-12(20)8-15(13)21/h1-6,8H,7,9,22H2,(H2,23,24,25). The van der Waals surface area contributed by atoms with E-state index in [1.165, 1.54) is 0 Å². The van der Waals surface area contributed by atoms with E-state index in [4.69, 9.17) is 46.3 Å². The minimum atomic E-state index is 0.210. The zero-order chi connectivity index (χ0) is 18.0. The lowest BCUT2D eigenvalue weighted by Crippen LogP contribution is -2.11. The van der Waals surface area contributed by atoms with Crippen LogP contribution in [0.1, 0.15) is 17.0 Å². The fourth-order valence-corrected chi connectivity index (χ4v) is 3.14. The molecule has 0 bridgehead atoms. The Morgan fingerprint density at radius 2 is 1.56 bits per heavy atom. The summed E-state index contributed by atoms with van der Waals surface area (Å²) < 4.78 is 0. The second-order valence-electron chi connectivity index (χ2n) is 5.48. The van der Waals surface area contributed by atoms with E-state index in [0.29, 0.717) is 44.4 Å². The number of benzene rings is 2. The van der Waals surface area contributed by atoms with Crippen molar-refractivity contribution in [3.8, 4) is 11.3 Å². The Hall–Kier alpha value is -1.85. The zero-order valence-electron chi connectivity index (χ0n) is 13.1. The maximum Gasteiger partial charge on any atom is 0.135 e. The van der Waals surface area contributed by atoms with Crippen molar-refractivity contribution in [2.45, 2.75) is 13.0 Å². The van der Waals surface area contributed by atoms with Crippen molar-refractivity contribution in [2.75, 3.05) is 5.73 Å². The fourth-order valence-electron chi connectivity index (χ4n) is 2.52. The SMILES string of the molecule is NCc1c(N)nc(Cc2ccc(Cl)cc2)nc1-c1ccc(Cl)cc1Cl. The lowest BCUT2D eigenvalue weighted by Gasteiger charge is -2.13. The number of anilines is 1. The third-order valence-corrected chi connectivity index (χ3v) is 4.55. The van der Waals surface area contributed by atoms with Crippen LogP contribution in [0.3, 0.4) is 0 Å². The summed E-state index contributed by atoms with van der Waals surface area (Å²) in [6, 6.07) is 12.7. The van der Waals surface area contributed by atoms with E-state index in [1.807, 2.05) is 24.3 Å². The molecule has 7 heteroatoms. The first-order chi connectivity index (χ1) is 12.0.